The van der Waals surface area contributed by atoms with Gasteiger partial charge in [0.2, 0.25) is 0 Å². The second-order valence-electron chi connectivity index (χ2n) is 14.1. The molecule has 0 radical (unpaired) electrons. The monoisotopic (exact) mass is 687 g/mol. The number of anilines is 3. The topological polar surface area (TPSA) is 16.4 Å². The van der Waals surface area contributed by atoms with Gasteiger partial charge in [-0.1, -0.05) is 152 Å². The van der Waals surface area contributed by atoms with Crippen molar-refractivity contribution in [3.05, 3.63) is 200 Å². The van der Waals surface area contributed by atoms with Gasteiger partial charge in [0.1, 0.15) is 11.2 Å². The van der Waals surface area contributed by atoms with Crippen LogP contribution in [-0.2, 0) is 0 Å². The average molecular weight is 688 g/mol. The first-order valence-corrected chi connectivity index (χ1v) is 18.5. The predicted molar refractivity (Wildman–Crippen MR) is 229 cm³/mol. The molecule has 0 N–H and O–H groups in total. The molecule has 11 rings (SSSR count). The second kappa shape index (κ2) is 12.2. The largest absolute Gasteiger partial charge is 0.455 e. The summed E-state index contributed by atoms with van der Waals surface area (Å²) in [6.45, 7) is 0. The highest BCUT2D eigenvalue weighted by atomic mass is 16.3. The molecule has 252 valence electrons. The van der Waals surface area contributed by atoms with Crippen molar-refractivity contribution in [3.63, 3.8) is 0 Å². The highest BCUT2D eigenvalue weighted by molar-refractivity contribution is 6.21. The second-order valence-corrected chi connectivity index (χ2v) is 14.1. The summed E-state index contributed by atoms with van der Waals surface area (Å²) in [5.74, 6) is 0. The smallest absolute Gasteiger partial charge is 0.143 e. The van der Waals surface area contributed by atoms with Crippen molar-refractivity contribution in [1.82, 2.24) is 0 Å². The molecule has 0 aliphatic carbocycles. The zero-order valence-electron chi connectivity index (χ0n) is 29.4. The van der Waals surface area contributed by atoms with Crippen LogP contribution < -0.4 is 4.90 Å². The molecule has 0 spiro atoms. The Hall–Kier alpha value is -7.16. The van der Waals surface area contributed by atoms with Crippen LogP contribution in [-0.4, -0.2) is 0 Å². The molecule has 1 heterocycles. The number of hydrogen-bond donors (Lipinski definition) is 0. The first kappa shape index (κ1) is 30.5. The van der Waals surface area contributed by atoms with E-state index in [1.54, 1.807) is 0 Å². The summed E-state index contributed by atoms with van der Waals surface area (Å²) >= 11 is 0. The molecule has 10 aromatic carbocycles. The molecule has 2 nitrogen and oxygen atoms in total. The van der Waals surface area contributed by atoms with E-state index in [4.69, 9.17) is 4.42 Å². The third-order valence-corrected chi connectivity index (χ3v) is 11.0. The summed E-state index contributed by atoms with van der Waals surface area (Å²) < 4.78 is 6.53. The van der Waals surface area contributed by atoms with Gasteiger partial charge >= 0.3 is 0 Å². The lowest BCUT2D eigenvalue weighted by Gasteiger charge is -2.28. The molecule has 0 bridgehead atoms. The van der Waals surface area contributed by atoms with Gasteiger partial charge in [-0.05, 0) is 103 Å². The van der Waals surface area contributed by atoms with E-state index in [0.717, 1.165) is 55.3 Å². The van der Waals surface area contributed by atoms with Crippen LogP contribution in [0.4, 0.5) is 17.1 Å². The van der Waals surface area contributed by atoms with Crippen LogP contribution in [0, 0.1) is 0 Å². The third-order valence-electron chi connectivity index (χ3n) is 11.0. The van der Waals surface area contributed by atoms with E-state index in [9.17, 15) is 0 Å². The first-order valence-electron chi connectivity index (χ1n) is 18.5. The number of hydrogen-bond acceptors (Lipinski definition) is 2. The standard InChI is InChI=1S/C52H33NO/c1-2-10-35(11-3-1)43-13-6-8-16-49(43)53(42-30-26-38-27-31-46-45-15-7-9-17-50(45)54-52(46)48(38)33-42)41-28-24-34(25-29-41)40-23-20-37-19-22-39-21-18-36-12-4-5-14-44(36)51(39)47(37)32-40/h1-33H. The molecule has 0 saturated heterocycles. The number of rotatable bonds is 5. The van der Waals surface area contributed by atoms with Crippen molar-refractivity contribution in [2.75, 3.05) is 4.90 Å². The first-order chi connectivity index (χ1) is 26.8. The van der Waals surface area contributed by atoms with Gasteiger partial charge in [0, 0.05) is 33.1 Å². The molecule has 11 aromatic rings. The Bertz CT molecular complexity index is 3210. The van der Waals surface area contributed by atoms with Crippen molar-refractivity contribution >= 4 is 82.1 Å². The summed E-state index contributed by atoms with van der Waals surface area (Å²) in [5, 5.41) is 12.1. The molecule has 0 amide bonds. The van der Waals surface area contributed by atoms with Crippen LogP contribution in [0.1, 0.15) is 0 Å². The molecular formula is C52H33NO. The van der Waals surface area contributed by atoms with Gasteiger partial charge in [0.25, 0.3) is 0 Å². The maximum absolute atomic E-state index is 6.53. The fraction of sp³-hybridized carbons (Fsp3) is 0. The van der Waals surface area contributed by atoms with Gasteiger partial charge in [-0.25, -0.2) is 0 Å². The number of nitrogens with zero attached hydrogens (tertiary/aromatic N) is 1. The number of fused-ring (bicyclic) bond motifs is 10. The van der Waals surface area contributed by atoms with Crippen LogP contribution in [0.15, 0.2) is 205 Å². The summed E-state index contributed by atoms with van der Waals surface area (Å²) in [4.78, 5) is 2.38. The highest BCUT2D eigenvalue weighted by Gasteiger charge is 2.19. The van der Waals surface area contributed by atoms with E-state index in [0.29, 0.717) is 0 Å². The number of benzene rings is 10. The molecule has 0 fully saturated rings. The Morgan fingerprint density at radius 2 is 0.944 bits per heavy atom. The van der Waals surface area contributed by atoms with Crippen LogP contribution >= 0.6 is 0 Å². The molecule has 0 aliphatic heterocycles. The van der Waals surface area contributed by atoms with Crippen molar-refractivity contribution in [2.24, 2.45) is 0 Å². The SMILES string of the molecule is c1ccc(-c2ccccc2N(c2ccc(-c3ccc4ccc5ccc6ccccc6c5c4c3)cc2)c2ccc3ccc4c5ccccc5oc4c3c2)cc1. The highest BCUT2D eigenvalue weighted by Crippen LogP contribution is 2.44. The van der Waals surface area contributed by atoms with E-state index in [1.807, 2.05) is 6.07 Å². The summed E-state index contributed by atoms with van der Waals surface area (Å²) in [5.41, 5.74) is 9.79. The molecular weight excluding hydrogens is 655 g/mol. The van der Waals surface area contributed by atoms with Gasteiger partial charge in [-0.15, -0.1) is 0 Å². The summed E-state index contributed by atoms with van der Waals surface area (Å²) in [6.07, 6.45) is 0. The lowest BCUT2D eigenvalue weighted by atomic mass is 9.94. The van der Waals surface area contributed by atoms with Crippen LogP contribution in [0.5, 0.6) is 0 Å². The maximum Gasteiger partial charge on any atom is 0.143 e. The zero-order chi connectivity index (χ0) is 35.6. The average Bonchev–Trinajstić information content (AvgIpc) is 3.63. The minimum Gasteiger partial charge on any atom is -0.455 e. The Labute approximate surface area is 312 Å². The fourth-order valence-corrected chi connectivity index (χ4v) is 8.40. The van der Waals surface area contributed by atoms with E-state index in [2.05, 4.69) is 199 Å². The van der Waals surface area contributed by atoms with Crippen LogP contribution in [0.3, 0.4) is 0 Å². The maximum atomic E-state index is 6.53. The van der Waals surface area contributed by atoms with Crippen molar-refractivity contribution in [2.45, 2.75) is 0 Å². The molecule has 2 heteroatoms. The van der Waals surface area contributed by atoms with Gasteiger partial charge in [0.15, 0.2) is 0 Å². The van der Waals surface area contributed by atoms with Gasteiger partial charge < -0.3 is 9.32 Å². The van der Waals surface area contributed by atoms with E-state index < -0.39 is 0 Å². The predicted octanol–water partition coefficient (Wildman–Crippen LogP) is 15.0. The molecule has 0 aliphatic rings. The lowest BCUT2D eigenvalue weighted by Crippen LogP contribution is -2.11. The van der Waals surface area contributed by atoms with Crippen molar-refractivity contribution in [1.29, 1.82) is 0 Å². The molecule has 0 saturated carbocycles. The number of para-hydroxylation sites is 2. The fourth-order valence-electron chi connectivity index (χ4n) is 8.40. The molecule has 0 unspecified atom stereocenters. The lowest BCUT2D eigenvalue weighted by molar-refractivity contribution is 0.672. The Kier molecular flexibility index (Phi) is 6.90. The quantitative estimate of drug-likeness (QED) is 0.168. The Morgan fingerprint density at radius 3 is 1.81 bits per heavy atom. The van der Waals surface area contributed by atoms with Crippen molar-refractivity contribution in [3.8, 4) is 22.3 Å². The zero-order valence-corrected chi connectivity index (χ0v) is 29.4. The van der Waals surface area contributed by atoms with Gasteiger partial charge in [-0.2, -0.15) is 0 Å². The van der Waals surface area contributed by atoms with E-state index >= 15 is 0 Å². The normalized spacial score (nSPS) is 11.7. The molecule has 1 aromatic heterocycles. The summed E-state index contributed by atoms with van der Waals surface area (Å²) in [7, 11) is 0. The molecule has 0 atom stereocenters. The Balaban J connectivity index is 1.09. The number of furan rings is 1. The van der Waals surface area contributed by atoms with Gasteiger partial charge in [0.05, 0.1) is 5.69 Å². The van der Waals surface area contributed by atoms with Crippen molar-refractivity contribution < 1.29 is 4.42 Å². The van der Waals surface area contributed by atoms with Crippen LogP contribution in [0.2, 0.25) is 0 Å². The molecule has 54 heavy (non-hydrogen) atoms. The minimum absolute atomic E-state index is 0.905. The van der Waals surface area contributed by atoms with E-state index in [1.165, 1.54) is 49.0 Å². The van der Waals surface area contributed by atoms with Gasteiger partial charge in [-0.3, -0.25) is 0 Å². The van der Waals surface area contributed by atoms with Crippen LogP contribution in [0.25, 0.3) is 87.3 Å². The minimum atomic E-state index is 0.905. The van der Waals surface area contributed by atoms with E-state index in [-0.39, 0.29) is 0 Å². The Morgan fingerprint density at radius 1 is 0.333 bits per heavy atom. The summed E-state index contributed by atoms with van der Waals surface area (Å²) in [6, 6.07) is 72.3. The third kappa shape index (κ3) is 4.88.